The maximum atomic E-state index is 12.1. The predicted molar refractivity (Wildman–Crippen MR) is 88.6 cm³/mol. The van der Waals surface area contributed by atoms with Crippen molar-refractivity contribution in [3.8, 4) is 0 Å². The molecule has 0 heterocycles. The van der Waals surface area contributed by atoms with E-state index >= 15 is 0 Å². The molecule has 1 atom stereocenters. The van der Waals surface area contributed by atoms with E-state index < -0.39 is 5.54 Å². The molecule has 0 spiro atoms. The van der Waals surface area contributed by atoms with Crippen LogP contribution in [0.15, 0.2) is 0 Å². The lowest BCUT2D eigenvalue weighted by Gasteiger charge is -2.31. The Labute approximate surface area is 131 Å². The van der Waals surface area contributed by atoms with Crippen molar-refractivity contribution in [2.24, 2.45) is 0 Å². The first-order valence-electron chi connectivity index (χ1n) is 8.10. The molecule has 0 fully saturated rings. The third kappa shape index (κ3) is 8.39. The van der Waals surface area contributed by atoms with Crippen LogP contribution in [0.3, 0.4) is 0 Å². The maximum absolute atomic E-state index is 12.1. The topological polar surface area (TPSA) is 44.8 Å². The van der Waals surface area contributed by atoms with Gasteiger partial charge < -0.3 is 19.9 Å². The summed E-state index contributed by atoms with van der Waals surface area (Å²) in [6.45, 7) is 11.1. The summed E-state index contributed by atoms with van der Waals surface area (Å²) < 4.78 is 4.97. The molecular weight excluding hydrogens is 266 g/mol. The van der Waals surface area contributed by atoms with Gasteiger partial charge in [-0.2, -0.15) is 0 Å². The number of rotatable bonds is 12. The summed E-state index contributed by atoms with van der Waals surface area (Å²) in [5.41, 5.74) is -0.588. The Balaban J connectivity index is 4.55. The van der Waals surface area contributed by atoms with Crippen molar-refractivity contribution in [2.45, 2.75) is 45.6 Å². The zero-order valence-corrected chi connectivity index (χ0v) is 14.9. The van der Waals surface area contributed by atoms with Gasteiger partial charge in [-0.05, 0) is 53.4 Å². The van der Waals surface area contributed by atoms with E-state index in [1.54, 1.807) is 0 Å². The Morgan fingerprint density at radius 3 is 2.24 bits per heavy atom. The molecule has 0 aliphatic rings. The molecule has 126 valence electrons. The fourth-order valence-corrected chi connectivity index (χ4v) is 2.26. The Kier molecular flexibility index (Phi) is 10.6. The van der Waals surface area contributed by atoms with Crippen LogP contribution in [0.2, 0.25) is 0 Å². The highest BCUT2D eigenvalue weighted by Gasteiger charge is 2.33. The first-order chi connectivity index (χ1) is 9.89. The van der Waals surface area contributed by atoms with Gasteiger partial charge >= 0.3 is 5.97 Å². The molecule has 0 aliphatic carbocycles. The van der Waals surface area contributed by atoms with E-state index in [1.165, 1.54) is 7.11 Å². The molecule has 5 heteroatoms. The Morgan fingerprint density at radius 2 is 1.76 bits per heavy atom. The Bertz CT molecular complexity index is 285. The van der Waals surface area contributed by atoms with Gasteiger partial charge in [0.2, 0.25) is 0 Å². The molecule has 0 aromatic heterocycles. The van der Waals surface area contributed by atoms with Crippen molar-refractivity contribution in [1.82, 2.24) is 15.1 Å². The van der Waals surface area contributed by atoms with Gasteiger partial charge in [0, 0.05) is 19.6 Å². The number of carbonyl (C=O) groups is 1. The first-order valence-corrected chi connectivity index (χ1v) is 8.10. The molecule has 0 saturated carbocycles. The van der Waals surface area contributed by atoms with Crippen LogP contribution in [0.5, 0.6) is 0 Å². The molecule has 0 aliphatic heterocycles. The van der Waals surface area contributed by atoms with Crippen LogP contribution in [-0.4, -0.2) is 75.2 Å². The van der Waals surface area contributed by atoms with E-state index in [4.69, 9.17) is 4.74 Å². The molecular formula is C16H35N3O2. The molecule has 5 nitrogen and oxygen atoms in total. The minimum Gasteiger partial charge on any atom is -0.468 e. The third-order valence-electron chi connectivity index (χ3n) is 3.73. The monoisotopic (exact) mass is 301 g/mol. The maximum Gasteiger partial charge on any atom is 0.325 e. The molecule has 21 heavy (non-hydrogen) atoms. The van der Waals surface area contributed by atoms with Gasteiger partial charge in [-0.15, -0.1) is 0 Å². The molecule has 0 aromatic carbocycles. The summed E-state index contributed by atoms with van der Waals surface area (Å²) >= 11 is 0. The van der Waals surface area contributed by atoms with Gasteiger partial charge in [0.05, 0.1) is 7.11 Å². The predicted octanol–water partition coefficient (Wildman–Crippen LogP) is 1.58. The summed E-state index contributed by atoms with van der Waals surface area (Å²) in [4.78, 5) is 16.7. The zero-order valence-electron chi connectivity index (χ0n) is 14.9. The second kappa shape index (κ2) is 11.0. The highest BCUT2D eigenvalue weighted by atomic mass is 16.5. The minimum atomic E-state index is -0.588. The van der Waals surface area contributed by atoms with E-state index in [9.17, 15) is 4.79 Å². The number of hydrogen-bond donors (Lipinski definition) is 1. The number of hydrogen-bond acceptors (Lipinski definition) is 5. The molecule has 0 bridgehead atoms. The van der Waals surface area contributed by atoms with Crippen LogP contribution >= 0.6 is 0 Å². The third-order valence-corrected chi connectivity index (χ3v) is 3.73. The van der Waals surface area contributed by atoms with Crippen LogP contribution in [0.25, 0.3) is 0 Å². The van der Waals surface area contributed by atoms with Crippen LogP contribution in [0.1, 0.15) is 40.0 Å². The van der Waals surface area contributed by atoms with E-state index in [1.807, 2.05) is 6.92 Å². The van der Waals surface area contributed by atoms with Crippen molar-refractivity contribution in [3.63, 3.8) is 0 Å². The quantitative estimate of drug-likeness (QED) is 0.555. The SMILES string of the molecule is CCCNC(C)(CCN(CCC)CCN(C)C)C(=O)OC. The standard InChI is InChI=1S/C16H35N3O2/c1-7-10-17-16(3,15(20)21-6)9-12-19(11-8-2)14-13-18(4)5/h17H,7-14H2,1-6H3. The van der Waals surface area contributed by atoms with E-state index in [0.717, 1.165) is 52.0 Å². The summed E-state index contributed by atoms with van der Waals surface area (Å²) in [5, 5.41) is 3.35. The van der Waals surface area contributed by atoms with Gasteiger partial charge in [-0.3, -0.25) is 4.79 Å². The number of esters is 1. The van der Waals surface area contributed by atoms with Gasteiger partial charge in [-0.25, -0.2) is 0 Å². The average molecular weight is 301 g/mol. The lowest BCUT2D eigenvalue weighted by atomic mass is 9.97. The zero-order chi connectivity index (χ0) is 16.3. The Morgan fingerprint density at radius 1 is 1.10 bits per heavy atom. The number of nitrogens with zero attached hydrogens (tertiary/aromatic N) is 2. The number of nitrogens with one attached hydrogen (secondary N) is 1. The molecule has 1 N–H and O–H groups in total. The van der Waals surface area contributed by atoms with Crippen molar-refractivity contribution >= 4 is 5.97 Å². The van der Waals surface area contributed by atoms with Crippen LogP contribution < -0.4 is 5.32 Å². The fourth-order valence-electron chi connectivity index (χ4n) is 2.26. The molecule has 0 saturated heterocycles. The lowest BCUT2D eigenvalue weighted by Crippen LogP contribution is -2.52. The van der Waals surface area contributed by atoms with E-state index in [2.05, 4.69) is 43.1 Å². The van der Waals surface area contributed by atoms with Gasteiger partial charge in [0.1, 0.15) is 5.54 Å². The van der Waals surface area contributed by atoms with Crippen molar-refractivity contribution < 1.29 is 9.53 Å². The van der Waals surface area contributed by atoms with Gasteiger partial charge in [0.15, 0.2) is 0 Å². The van der Waals surface area contributed by atoms with Crippen molar-refractivity contribution in [2.75, 3.05) is 53.9 Å². The van der Waals surface area contributed by atoms with Gasteiger partial charge in [-0.1, -0.05) is 13.8 Å². The van der Waals surface area contributed by atoms with Crippen molar-refractivity contribution in [1.29, 1.82) is 0 Å². The lowest BCUT2D eigenvalue weighted by molar-refractivity contribution is -0.148. The molecule has 0 aromatic rings. The van der Waals surface area contributed by atoms with Crippen LogP contribution in [-0.2, 0) is 9.53 Å². The summed E-state index contributed by atoms with van der Waals surface area (Å²) in [5.74, 6) is -0.167. The number of likely N-dealkylation sites (N-methyl/N-ethyl adjacent to an activating group) is 1. The van der Waals surface area contributed by atoms with Crippen LogP contribution in [0, 0.1) is 0 Å². The summed E-state index contributed by atoms with van der Waals surface area (Å²) in [7, 11) is 5.64. The second-order valence-electron chi connectivity index (χ2n) is 6.15. The summed E-state index contributed by atoms with van der Waals surface area (Å²) in [6.07, 6.45) is 2.91. The largest absolute Gasteiger partial charge is 0.468 e. The van der Waals surface area contributed by atoms with Crippen molar-refractivity contribution in [3.05, 3.63) is 0 Å². The van der Waals surface area contributed by atoms with E-state index in [0.29, 0.717) is 0 Å². The molecule has 0 radical (unpaired) electrons. The normalized spacial score (nSPS) is 14.5. The second-order valence-corrected chi connectivity index (χ2v) is 6.15. The number of ether oxygens (including phenoxy) is 1. The first kappa shape index (κ1) is 20.3. The smallest absolute Gasteiger partial charge is 0.325 e. The van der Waals surface area contributed by atoms with E-state index in [-0.39, 0.29) is 5.97 Å². The number of carbonyl (C=O) groups excluding carboxylic acids is 1. The van der Waals surface area contributed by atoms with Gasteiger partial charge in [0.25, 0.3) is 0 Å². The minimum absolute atomic E-state index is 0.167. The average Bonchev–Trinajstić information content (AvgIpc) is 2.46. The fraction of sp³-hybridized carbons (Fsp3) is 0.938. The van der Waals surface area contributed by atoms with Crippen LogP contribution in [0.4, 0.5) is 0 Å². The number of methoxy groups -OCH3 is 1. The highest BCUT2D eigenvalue weighted by molar-refractivity contribution is 5.80. The summed E-state index contributed by atoms with van der Waals surface area (Å²) in [6, 6.07) is 0. The Hall–Kier alpha value is -0.650. The molecule has 0 rings (SSSR count). The molecule has 1 unspecified atom stereocenters. The molecule has 0 amide bonds. The highest BCUT2D eigenvalue weighted by Crippen LogP contribution is 2.13.